The first kappa shape index (κ1) is 15.8. The summed E-state index contributed by atoms with van der Waals surface area (Å²) < 4.78 is 6.79. The molecule has 2 heteroatoms. The van der Waals surface area contributed by atoms with Gasteiger partial charge in [0.05, 0.1) is 4.47 Å². The summed E-state index contributed by atoms with van der Waals surface area (Å²) in [5, 5.41) is 0. The van der Waals surface area contributed by atoms with E-state index >= 15 is 0 Å². The number of halogens is 1. The van der Waals surface area contributed by atoms with Gasteiger partial charge in [-0.3, -0.25) is 0 Å². The largest absolute Gasteiger partial charge is 0.488 e. The first-order chi connectivity index (χ1) is 9.15. The lowest BCUT2D eigenvalue weighted by molar-refractivity contribution is 0.304. The van der Waals surface area contributed by atoms with Gasteiger partial charge in [-0.1, -0.05) is 49.7 Å². The highest BCUT2D eigenvalue weighted by molar-refractivity contribution is 9.10. The van der Waals surface area contributed by atoms with E-state index in [9.17, 15) is 0 Å². The fourth-order valence-corrected chi connectivity index (χ4v) is 1.93. The molecule has 0 aliphatic carbocycles. The molecule has 0 saturated heterocycles. The summed E-state index contributed by atoms with van der Waals surface area (Å²) >= 11 is 3.49. The predicted octanol–water partition coefficient (Wildman–Crippen LogP) is 5.67. The quantitative estimate of drug-likeness (QED) is 0.707. The number of ether oxygens (including phenoxy) is 1. The predicted molar refractivity (Wildman–Crippen MR) is 85.7 cm³/mol. The number of hydrogen-bond acceptors (Lipinski definition) is 1. The molecule has 0 fully saturated rings. The fourth-order valence-electron chi connectivity index (χ4n) is 1.57. The highest BCUT2D eigenvalue weighted by Gasteiger charge is 2.01. The van der Waals surface area contributed by atoms with E-state index in [1.165, 1.54) is 16.7 Å². The Labute approximate surface area is 124 Å². The van der Waals surface area contributed by atoms with Crippen LogP contribution in [0.4, 0.5) is 0 Å². The van der Waals surface area contributed by atoms with Gasteiger partial charge in [0.2, 0.25) is 0 Å². The van der Waals surface area contributed by atoms with E-state index in [1.54, 1.807) is 0 Å². The highest BCUT2D eigenvalue weighted by Crippen LogP contribution is 2.26. The third kappa shape index (κ3) is 5.07. The van der Waals surface area contributed by atoms with Crippen molar-refractivity contribution in [2.24, 2.45) is 0 Å². The third-order valence-corrected chi connectivity index (χ3v) is 3.26. The van der Waals surface area contributed by atoms with Crippen LogP contribution in [0, 0.1) is 13.8 Å². The van der Waals surface area contributed by atoms with Gasteiger partial charge in [-0.25, -0.2) is 0 Å². The average molecular weight is 321 g/mol. The van der Waals surface area contributed by atoms with E-state index < -0.39 is 0 Å². The molecule has 0 aliphatic rings. The zero-order chi connectivity index (χ0) is 14.3. The molecule has 0 heterocycles. The lowest BCUT2D eigenvalue weighted by atomic mass is 10.2. The Balaban J connectivity index is 0.000000861. The van der Waals surface area contributed by atoms with Crippen LogP contribution in [-0.2, 0) is 6.61 Å². The van der Waals surface area contributed by atoms with Crippen LogP contribution in [0.1, 0.15) is 30.5 Å². The molecular weight excluding hydrogens is 300 g/mol. The number of benzene rings is 2. The summed E-state index contributed by atoms with van der Waals surface area (Å²) in [7, 11) is 0. The zero-order valence-electron chi connectivity index (χ0n) is 12.0. The lowest BCUT2D eigenvalue weighted by Crippen LogP contribution is -1.96. The number of rotatable bonds is 3. The van der Waals surface area contributed by atoms with Gasteiger partial charge in [0.15, 0.2) is 0 Å². The normalized spacial score (nSPS) is 9.53. The molecule has 2 aromatic rings. The molecule has 0 saturated carbocycles. The summed E-state index contributed by atoms with van der Waals surface area (Å²) in [6.45, 7) is 8.75. The van der Waals surface area contributed by atoms with Crippen molar-refractivity contribution in [3.8, 4) is 5.75 Å². The van der Waals surface area contributed by atoms with Crippen molar-refractivity contribution in [1.82, 2.24) is 0 Å². The van der Waals surface area contributed by atoms with Gasteiger partial charge >= 0.3 is 0 Å². The van der Waals surface area contributed by atoms with Crippen LogP contribution in [0.25, 0.3) is 0 Å². The minimum atomic E-state index is 0.600. The van der Waals surface area contributed by atoms with Gasteiger partial charge in [0.1, 0.15) is 12.4 Å². The molecule has 0 amide bonds. The standard InChI is InChI=1S/C15H15BrO.C2H6/c1-11-3-6-13(7-4-11)10-17-15-9-12(2)5-8-14(15)16;1-2/h3-9H,10H2,1-2H3;1-2H3. The lowest BCUT2D eigenvalue weighted by Gasteiger charge is -2.09. The van der Waals surface area contributed by atoms with Crippen LogP contribution in [0.5, 0.6) is 5.75 Å². The van der Waals surface area contributed by atoms with E-state index in [-0.39, 0.29) is 0 Å². The van der Waals surface area contributed by atoms with E-state index in [4.69, 9.17) is 4.74 Å². The summed E-state index contributed by atoms with van der Waals surface area (Å²) in [5.74, 6) is 0.894. The Morgan fingerprint density at radius 3 is 2.11 bits per heavy atom. The Morgan fingerprint density at radius 2 is 1.47 bits per heavy atom. The Bertz CT molecular complexity index is 503. The summed E-state index contributed by atoms with van der Waals surface area (Å²) in [6.07, 6.45) is 0. The Morgan fingerprint density at radius 1 is 0.895 bits per heavy atom. The second-order valence-corrected chi connectivity index (χ2v) is 5.06. The Hall–Kier alpha value is -1.28. The minimum Gasteiger partial charge on any atom is -0.488 e. The van der Waals surface area contributed by atoms with Crippen LogP contribution in [0.15, 0.2) is 46.9 Å². The molecule has 2 aromatic carbocycles. The number of hydrogen-bond donors (Lipinski definition) is 0. The molecule has 0 aromatic heterocycles. The molecule has 0 N–H and O–H groups in total. The van der Waals surface area contributed by atoms with Crippen molar-refractivity contribution in [3.05, 3.63) is 63.6 Å². The van der Waals surface area contributed by atoms with Crippen molar-refractivity contribution in [3.63, 3.8) is 0 Å². The zero-order valence-corrected chi connectivity index (χ0v) is 13.6. The molecule has 19 heavy (non-hydrogen) atoms. The van der Waals surface area contributed by atoms with E-state index in [1.807, 2.05) is 26.0 Å². The molecular formula is C17H21BrO. The second-order valence-electron chi connectivity index (χ2n) is 4.21. The monoisotopic (exact) mass is 320 g/mol. The van der Waals surface area contributed by atoms with Crippen LogP contribution in [-0.4, -0.2) is 0 Å². The van der Waals surface area contributed by atoms with E-state index in [0.29, 0.717) is 6.61 Å². The molecule has 0 bridgehead atoms. The maximum atomic E-state index is 5.80. The van der Waals surface area contributed by atoms with E-state index in [0.717, 1.165) is 10.2 Å². The van der Waals surface area contributed by atoms with Crippen LogP contribution >= 0.6 is 15.9 Å². The topological polar surface area (TPSA) is 9.23 Å². The van der Waals surface area contributed by atoms with Crippen molar-refractivity contribution in [1.29, 1.82) is 0 Å². The maximum absolute atomic E-state index is 5.80. The first-order valence-corrected chi connectivity index (χ1v) is 7.39. The second kappa shape index (κ2) is 8.00. The molecule has 0 radical (unpaired) electrons. The van der Waals surface area contributed by atoms with E-state index in [2.05, 4.69) is 60.1 Å². The van der Waals surface area contributed by atoms with Crippen molar-refractivity contribution in [2.75, 3.05) is 0 Å². The number of aryl methyl sites for hydroxylation is 2. The molecule has 0 spiro atoms. The smallest absolute Gasteiger partial charge is 0.134 e. The summed E-state index contributed by atoms with van der Waals surface area (Å²) in [4.78, 5) is 0. The Kier molecular flexibility index (Phi) is 6.65. The third-order valence-electron chi connectivity index (χ3n) is 2.60. The summed E-state index contributed by atoms with van der Waals surface area (Å²) in [6, 6.07) is 14.5. The van der Waals surface area contributed by atoms with Gasteiger partial charge in [-0.05, 0) is 53.0 Å². The van der Waals surface area contributed by atoms with Gasteiger partial charge in [0.25, 0.3) is 0 Å². The van der Waals surface area contributed by atoms with Gasteiger partial charge in [-0.2, -0.15) is 0 Å². The molecule has 0 unspecified atom stereocenters. The maximum Gasteiger partial charge on any atom is 0.134 e. The average Bonchev–Trinajstić information content (AvgIpc) is 2.44. The minimum absolute atomic E-state index is 0.600. The van der Waals surface area contributed by atoms with Crippen molar-refractivity contribution < 1.29 is 4.74 Å². The molecule has 102 valence electrons. The molecule has 2 rings (SSSR count). The van der Waals surface area contributed by atoms with Gasteiger partial charge < -0.3 is 4.74 Å². The molecule has 0 atom stereocenters. The van der Waals surface area contributed by atoms with Crippen LogP contribution < -0.4 is 4.74 Å². The van der Waals surface area contributed by atoms with Crippen LogP contribution in [0.3, 0.4) is 0 Å². The summed E-state index contributed by atoms with van der Waals surface area (Å²) in [5.41, 5.74) is 3.65. The van der Waals surface area contributed by atoms with Gasteiger partial charge in [0, 0.05) is 0 Å². The molecule has 0 aliphatic heterocycles. The highest BCUT2D eigenvalue weighted by atomic mass is 79.9. The molecule has 1 nitrogen and oxygen atoms in total. The first-order valence-electron chi connectivity index (χ1n) is 6.59. The van der Waals surface area contributed by atoms with Crippen LogP contribution in [0.2, 0.25) is 0 Å². The van der Waals surface area contributed by atoms with Crippen molar-refractivity contribution in [2.45, 2.75) is 34.3 Å². The fraction of sp³-hybridized carbons (Fsp3) is 0.294. The van der Waals surface area contributed by atoms with Crippen molar-refractivity contribution >= 4 is 15.9 Å². The van der Waals surface area contributed by atoms with Gasteiger partial charge in [-0.15, -0.1) is 0 Å². The SMILES string of the molecule is CC.Cc1ccc(COc2cc(C)ccc2Br)cc1.